The Morgan fingerprint density at radius 2 is 1.77 bits per heavy atom. The van der Waals surface area contributed by atoms with Crippen LogP contribution in [0.4, 0.5) is 9.18 Å². The van der Waals surface area contributed by atoms with Crippen LogP contribution in [0.15, 0.2) is 36.4 Å². The monoisotopic (exact) mass is 416 g/mol. The molecular formula is C22H25FN2O5. The predicted molar refractivity (Wildman–Crippen MR) is 108 cm³/mol. The van der Waals surface area contributed by atoms with Gasteiger partial charge in [0, 0.05) is 13.1 Å². The summed E-state index contributed by atoms with van der Waals surface area (Å²) in [5, 5.41) is 2.77. The highest BCUT2D eigenvalue weighted by molar-refractivity contribution is 5.77. The summed E-state index contributed by atoms with van der Waals surface area (Å²) in [6, 6.07) is 9.10. The number of carbonyl (C=O) groups excluding carboxylic acids is 2. The average Bonchev–Trinajstić information content (AvgIpc) is 2.77. The van der Waals surface area contributed by atoms with Gasteiger partial charge in [0.15, 0.2) is 11.5 Å². The molecule has 2 aromatic rings. The van der Waals surface area contributed by atoms with E-state index in [0.717, 1.165) is 16.7 Å². The molecule has 1 aliphatic heterocycles. The minimum absolute atomic E-state index is 0.0822. The van der Waals surface area contributed by atoms with Crippen molar-refractivity contribution in [3.8, 4) is 11.5 Å². The molecule has 0 saturated heterocycles. The van der Waals surface area contributed by atoms with Crippen molar-refractivity contribution >= 4 is 12.0 Å². The molecule has 0 radical (unpaired) electrons. The van der Waals surface area contributed by atoms with Crippen LogP contribution >= 0.6 is 0 Å². The Labute approximate surface area is 174 Å². The Hall–Kier alpha value is -3.29. The van der Waals surface area contributed by atoms with Crippen LogP contribution in [0.3, 0.4) is 0 Å². The second kappa shape index (κ2) is 9.47. The van der Waals surface area contributed by atoms with E-state index >= 15 is 0 Å². The molecule has 1 unspecified atom stereocenters. The second-order valence-corrected chi connectivity index (χ2v) is 6.86. The van der Waals surface area contributed by atoms with Crippen LogP contribution < -0.4 is 14.8 Å². The molecule has 1 aliphatic rings. The zero-order valence-corrected chi connectivity index (χ0v) is 17.2. The molecule has 0 aromatic heterocycles. The highest BCUT2D eigenvalue weighted by atomic mass is 19.1. The number of benzene rings is 2. The molecule has 1 atom stereocenters. The van der Waals surface area contributed by atoms with E-state index in [-0.39, 0.29) is 24.8 Å². The number of nitrogens with one attached hydrogen (secondary N) is 1. The fourth-order valence-corrected chi connectivity index (χ4v) is 3.64. The summed E-state index contributed by atoms with van der Waals surface area (Å²) >= 11 is 0. The van der Waals surface area contributed by atoms with E-state index in [2.05, 4.69) is 10.1 Å². The molecule has 7 nitrogen and oxygen atoms in total. The van der Waals surface area contributed by atoms with Gasteiger partial charge in [-0.1, -0.05) is 12.1 Å². The third kappa shape index (κ3) is 4.48. The third-order valence-corrected chi connectivity index (χ3v) is 5.15. The summed E-state index contributed by atoms with van der Waals surface area (Å²) in [5.41, 5.74) is 2.68. The summed E-state index contributed by atoms with van der Waals surface area (Å²) in [6.45, 7) is 0.617. The molecule has 2 amide bonds. The van der Waals surface area contributed by atoms with E-state index in [1.165, 1.54) is 19.2 Å². The number of amides is 2. The summed E-state index contributed by atoms with van der Waals surface area (Å²) in [4.78, 5) is 26.0. The second-order valence-electron chi connectivity index (χ2n) is 6.86. The topological polar surface area (TPSA) is 77.1 Å². The molecule has 8 heteroatoms. The molecule has 1 N–H and O–H groups in total. The lowest BCUT2D eigenvalue weighted by Gasteiger charge is -2.38. The van der Waals surface area contributed by atoms with Gasteiger partial charge in [0.25, 0.3) is 0 Å². The smallest absolute Gasteiger partial charge is 0.318 e. The third-order valence-electron chi connectivity index (χ3n) is 5.15. The maximum atomic E-state index is 13.5. The zero-order chi connectivity index (χ0) is 21.7. The number of carbonyl (C=O) groups is 2. The van der Waals surface area contributed by atoms with Gasteiger partial charge in [-0.05, 0) is 47.4 Å². The normalized spacial score (nSPS) is 15.2. The molecule has 30 heavy (non-hydrogen) atoms. The molecule has 0 bridgehead atoms. The molecule has 0 fully saturated rings. The van der Waals surface area contributed by atoms with Gasteiger partial charge in [0.2, 0.25) is 0 Å². The number of esters is 1. The highest BCUT2D eigenvalue weighted by Crippen LogP contribution is 2.41. The molecular weight excluding hydrogens is 391 g/mol. The lowest BCUT2D eigenvalue weighted by atomic mass is 9.88. The van der Waals surface area contributed by atoms with Gasteiger partial charge >= 0.3 is 12.0 Å². The Morgan fingerprint density at radius 1 is 1.10 bits per heavy atom. The number of methoxy groups -OCH3 is 3. The van der Waals surface area contributed by atoms with Crippen molar-refractivity contribution in [2.75, 3.05) is 34.4 Å². The largest absolute Gasteiger partial charge is 0.493 e. The fourth-order valence-electron chi connectivity index (χ4n) is 3.64. The van der Waals surface area contributed by atoms with Crippen LogP contribution in [0, 0.1) is 5.82 Å². The first-order chi connectivity index (χ1) is 14.5. The number of fused-ring (bicyclic) bond motifs is 1. The number of halogens is 1. The summed E-state index contributed by atoms with van der Waals surface area (Å²) < 4.78 is 29.0. The quantitative estimate of drug-likeness (QED) is 0.733. The Morgan fingerprint density at radius 3 is 2.40 bits per heavy atom. The van der Waals surface area contributed by atoms with Crippen LogP contribution in [0.1, 0.15) is 29.2 Å². The maximum Gasteiger partial charge on any atom is 0.318 e. The Kier molecular flexibility index (Phi) is 6.76. The summed E-state index contributed by atoms with van der Waals surface area (Å²) in [6.07, 6.45) is 0.705. The van der Waals surface area contributed by atoms with Gasteiger partial charge in [-0.25, -0.2) is 9.18 Å². The number of hydrogen-bond donors (Lipinski definition) is 1. The van der Waals surface area contributed by atoms with E-state index in [1.54, 1.807) is 31.3 Å². The number of rotatable bonds is 6. The van der Waals surface area contributed by atoms with Crippen molar-refractivity contribution < 1.29 is 28.2 Å². The zero-order valence-electron chi connectivity index (χ0n) is 17.2. The average molecular weight is 416 g/mol. The van der Waals surface area contributed by atoms with E-state index in [1.807, 2.05) is 12.1 Å². The van der Waals surface area contributed by atoms with Crippen LogP contribution in [-0.4, -0.2) is 51.3 Å². The van der Waals surface area contributed by atoms with Gasteiger partial charge in [-0.15, -0.1) is 0 Å². The van der Waals surface area contributed by atoms with Crippen molar-refractivity contribution in [2.45, 2.75) is 18.9 Å². The van der Waals surface area contributed by atoms with Crippen molar-refractivity contribution in [1.29, 1.82) is 0 Å². The summed E-state index contributed by atoms with van der Waals surface area (Å²) in [7, 11) is 4.43. The van der Waals surface area contributed by atoms with E-state index in [4.69, 9.17) is 9.47 Å². The standard InChI is InChI=1S/C22H25FN2O5/c1-28-18-12-15-9-11-25(22(27)24-10-8-20(26)30-3)21(17(15)13-19(18)29-2)14-4-6-16(23)7-5-14/h4-7,12-13,21H,8-11H2,1-3H3,(H,24,27). The first kappa shape index (κ1) is 21.4. The lowest BCUT2D eigenvalue weighted by Crippen LogP contribution is -2.46. The maximum absolute atomic E-state index is 13.5. The van der Waals surface area contributed by atoms with Gasteiger partial charge in [-0.3, -0.25) is 4.79 Å². The first-order valence-electron chi connectivity index (χ1n) is 9.60. The van der Waals surface area contributed by atoms with Gasteiger partial charge in [0.1, 0.15) is 5.82 Å². The number of ether oxygens (including phenoxy) is 3. The van der Waals surface area contributed by atoms with E-state index in [0.29, 0.717) is 24.5 Å². The molecule has 0 saturated carbocycles. The molecule has 2 aromatic carbocycles. The molecule has 160 valence electrons. The van der Waals surface area contributed by atoms with Crippen molar-refractivity contribution in [3.05, 3.63) is 58.9 Å². The number of urea groups is 1. The summed E-state index contributed by atoms with van der Waals surface area (Å²) in [5.74, 6) is 0.420. The van der Waals surface area contributed by atoms with Crippen molar-refractivity contribution in [2.24, 2.45) is 0 Å². The first-order valence-corrected chi connectivity index (χ1v) is 9.60. The van der Waals surface area contributed by atoms with Gasteiger partial charge in [0.05, 0.1) is 33.8 Å². The van der Waals surface area contributed by atoms with Gasteiger partial charge in [-0.2, -0.15) is 0 Å². The molecule has 0 aliphatic carbocycles. The Bertz CT molecular complexity index is 916. The highest BCUT2D eigenvalue weighted by Gasteiger charge is 2.33. The predicted octanol–water partition coefficient (Wildman–Crippen LogP) is 3.06. The lowest BCUT2D eigenvalue weighted by molar-refractivity contribution is -0.140. The van der Waals surface area contributed by atoms with Crippen LogP contribution in [0.2, 0.25) is 0 Å². The SMILES string of the molecule is COC(=O)CCNC(=O)N1CCc2cc(OC)c(OC)cc2C1c1ccc(F)cc1. The van der Waals surface area contributed by atoms with Gasteiger partial charge < -0.3 is 24.4 Å². The van der Waals surface area contributed by atoms with Crippen molar-refractivity contribution in [1.82, 2.24) is 10.2 Å². The van der Waals surface area contributed by atoms with Crippen molar-refractivity contribution in [3.63, 3.8) is 0 Å². The minimum atomic E-state index is -0.438. The molecule has 0 spiro atoms. The van der Waals surface area contributed by atoms with E-state index < -0.39 is 12.0 Å². The number of nitrogens with zero attached hydrogens (tertiary/aromatic N) is 1. The van der Waals surface area contributed by atoms with Crippen LogP contribution in [-0.2, 0) is 16.0 Å². The fraction of sp³-hybridized carbons (Fsp3) is 0.364. The Balaban J connectivity index is 1.96. The molecule has 3 rings (SSSR count). The van der Waals surface area contributed by atoms with E-state index in [9.17, 15) is 14.0 Å². The number of hydrogen-bond acceptors (Lipinski definition) is 5. The van der Waals surface area contributed by atoms with Crippen LogP contribution in [0.5, 0.6) is 11.5 Å². The molecule has 1 heterocycles. The van der Waals surface area contributed by atoms with Crippen LogP contribution in [0.25, 0.3) is 0 Å². The minimum Gasteiger partial charge on any atom is -0.493 e.